The van der Waals surface area contributed by atoms with Crippen molar-refractivity contribution < 1.29 is 4.79 Å². The van der Waals surface area contributed by atoms with E-state index in [0.717, 1.165) is 27.9 Å². The summed E-state index contributed by atoms with van der Waals surface area (Å²) in [5.74, 6) is 0.881. The summed E-state index contributed by atoms with van der Waals surface area (Å²) in [6.45, 7) is 0.688. The average molecular weight is 350 g/mol. The third-order valence-electron chi connectivity index (χ3n) is 3.50. The monoisotopic (exact) mass is 349 g/mol. The van der Waals surface area contributed by atoms with Crippen LogP contribution in [0.2, 0.25) is 0 Å². The van der Waals surface area contributed by atoms with Gasteiger partial charge in [0.1, 0.15) is 0 Å². The van der Waals surface area contributed by atoms with Gasteiger partial charge >= 0.3 is 0 Å². The first-order valence-electron chi connectivity index (χ1n) is 5.65. The molecule has 1 fully saturated rings. The second-order valence-corrected chi connectivity index (χ2v) is 6.93. The molecule has 1 saturated carbocycles. The van der Waals surface area contributed by atoms with Crippen molar-refractivity contribution in [3.8, 4) is 0 Å². The van der Waals surface area contributed by atoms with Crippen LogP contribution < -0.4 is 5.32 Å². The Morgan fingerprint density at radius 3 is 3.00 bits per heavy atom. The average Bonchev–Trinajstić information content (AvgIpc) is 2.89. The van der Waals surface area contributed by atoms with Crippen molar-refractivity contribution in [3.05, 3.63) is 20.8 Å². The largest absolute Gasteiger partial charge is 0.348 e. The van der Waals surface area contributed by atoms with E-state index in [1.54, 1.807) is 0 Å². The van der Waals surface area contributed by atoms with Crippen LogP contribution in [-0.2, 0) is 4.79 Å². The SMILES string of the molecule is O=C1NCC2=C1C(I)=CC(Cl)(CC1CC1)C2. The fourth-order valence-electron chi connectivity index (χ4n) is 2.59. The topological polar surface area (TPSA) is 29.1 Å². The van der Waals surface area contributed by atoms with Crippen LogP contribution in [0.5, 0.6) is 0 Å². The maximum atomic E-state index is 11.6. The molecule has 1 N–H and O–H groups in total. The quantitative estimate of drug-likeness (QED) is 0.603. The molecule has 0 aromatic heterocycles. The fourth-order valence-corrected chi connectivity index (χ4v) is 4.49. The van der Waals surface area contributed by atoms with Gasteiger partial charge in [0, 0.05) is 10.1 Å². The summed E-state index contributed by atoms with van der Waals surface area (Å²) in [6.07, 6.45) is 6.64. The number of amides is 1. The maximum absolute atomic E-state index is 11.6. The van der Waals surface area contributed by atoms with Gasteiger partial charge in [-0.3, -0.25) is 4.79 Å². The predicted octanol–water partition coefficient (Wildman–Crippen LogP) is 2.91. The Kier molecular flexibility index (Phi) is 2.59. The fraction of sp³-hybridized carbons (Fsp3) is 0.583. The first-order chi connectivity index (χ1) is 7.57. The van der Waals surface area contributed by atoms with Crippen molar-refractivity contribution in [2.24, 2.45) is 5.92 Å². The number of hydrogen-bond donors (Lipinski definition) is 1. The van der Waals surface area contributed by atoms with Crippen LogP contribution in [0, 0.1) is 5.92 Å². The molecule has 0 aromatic rings. The lowest BCUT2D eigenvalue weighted by Crippen LogP contribution is -2.24. The number of hydrogen-bond acceptors (Lipinski definition) is 1. The molecule has 1 heterocycles. The second kappa shape index (κ2) is 3.73. The zero-order valence-electron chi connectivity index (χ0n) is 8.85. The first-order valence-corrected chi connectivity index (χ1v) is 7.11. The Labute approximate surface area is 114 Å². The van der Waals surface area contributed by atoms with E-state index in [2.05, 4.69) is 34.0 Å². The van der Waals surface area contributed by atoms with Gasteiger partial charge in [0.15, 0.2) is 0 Å². The van der Waals surface area contributed by atoms with Crippen molar-refractivity contribution in [2.45, 2.75) is 30.6 Å². The van der Waals surface area contributed by atoms with Crippen molar-refractivity contribution in [1.29, 1.82) is 0 Å². The van der Waals surface area contributed by atoms with Gasteiger partial charge in [0.05, 0.1) is 10.4 Å². The lowest BCUT2D eigenvalue weighted by Gasteiger charge is -2.28. The molecule has 86 valence electrons. The molecule has 1 amide bonds. The third kappa shape index (κ3) is 1.92. The molecule has 0 bridgehead atoms. The highest BCUT2D eigenvalue weighted by atomic mass is 127. The minimum atomic E-state index is -0.233. The Morgan fingerprint density at radius 1 is 1.56 bits per heavy atom. The molecule has 1 aliphatic heterocycles. The molecule has 2 nitrogen and oxygen atoms in total. The van der Waals surface area contributed by atoms with Crippen molar-refractivity contribution in [2.75, 3.05) is 6.54 Å². The number of rotatable bonds is 2. The molecule has 0 saturated heterocycles. The number of alkyl halides is 1. The summed E-state index contributed by atoms with van der Waals surface area (Å²) in [6, 6.07) is 0. The minimum absolute atomic E-state index is 0.0702. The lowest BCUT2D eigenvalue weighted by molar-refractivity contribution is -0.116. The Balaban J connectivity index is 1.88. The number of nitrogens with one attached hydrogen (secondary N) is 1. The van der Waals surface area contributed by atoms with Crippen LogP contribution in [-0.4, -0.2) is 17.3 Å². The molecule has 3 aliphatic rings. The second-order valence-electron chi connectivity index (χ2n) is 5.01. The van der Waals surface area contributed by atoms with Gasteiger partial charge < -0.3 is 5.32 Å². The van der Waals surface area contributed by atoms with Crippen LogP contribution in [0.15, 0.2) is 20.8 Å². The molecular formula is C12H13ClINO. The summed E-state index contributed by atoms with van der Waals surface area (Å²) < 4.78 is 1.03. The molecule has 0 radical (unpaired) electrons. The van der Waals surface area contributed by atoms with E-state index in [1.807, 2.05) is 0 Å². The predicted molar refractivity (Wildman–Crippen MR) is 72.7 cm³/mol. The third-order valence-corrected chi connectivity index (χ3v) is 4.75. The van der Waals surface area contributed by atoms with E-state index in [9.17, 15) is 4.79 Å². The van der Waals surface area contributed by atoms with Gasteiger partial charge in [-0.2, -0.15) is 0 Å². The summed E-state index contributed by atoms with van der Waals surface area (Å²) in [4.78, 5) is 11.4. The van der Waals surface area contributed by atoms with E-state index in [1.165, 1.54) is 18.4 Å². The van der Waals surface area contributed by atoms with Gasteiger partial charge in [-0.15, -0.1) is 11.6 Å². The Morgan fingerprint density at radius 2 is 2.31 bits per heavy atom. The van der Waals surface area contributed by atoms with E-state index < -0.39 is 0 Å². The van der Waals surface area contributed by atoms with Gasteiger partial charge in [0.25, 0.3) is 5.91 Å². The summed E-state index contributed by atoms with van der Waals surface area (Å²) in [5, 5.41) is 2.88. The number of carbonyl (C=O) groups excluding carboxylic acids is 1. The number of allylic oxidation sites excluding steroid dienone is 1. The smallest absolute Gasteiger partial charge is 0.252 e. The Hall–Kier alpha value is -0.0300. The van der Waals surface area contributed by atoms with E-state index in [-0.39, 0.29) is 10.8 Å². The highest BCUT2D eigenvalue weighted by Gasteiger charge is 2.40. The lowest BCUT2D eigenvalue weighted by atomic mass is 9.86. The molecule has 1 atom stereocenters. The highest BCUT2D eigenvalue weighted by Crippen LogP contribution is 2.47. The Bertz CT molecular complexity index is 425. The van der Waals surface area contributed by atoms with Crippen LogP contribution in [0.4, 0.5) is 0 Å². The van der Waals surface area contributed by atoms with Crippen LogP contribution >= 0.6 is 34.2 Å². The van der Waals surface area contributed by atoms with Crippen LogP contribution in [0.25, 0.3) is 0 Å². The van der Waals surface area contributed by atoms with Gasteiger partial charge in [0.2, 0.25) is 0 Å². The van der Waals surface area contributed by atoms with Crippen molar-refractivity contribution in [3.63, 3.8) is 0 Å². The normalized spacial score (nSPS) is 33.6. The number of halogens is 2. The molecule has 0 aromatic carbocycles. The van der Waals surface area contributed by atoms with Crippen LogP contribution in [0.3, 0.4) is 0 Å². The zero-order chi connectivity index (χ0) is 11.3. The number of carbonyl (C=O) groups is 1. The van der Waals surface area contributed by atoms with E-state index in [0.29, 0.717) is 6.54 Å². The van der Waals surface area contributed by atoms with Gasteiger partial charge in [-0.25, -0.2) is 0 Å². The molecule has 0 spiro atoms. The van der Waals surface area contributed by atoms with Crippen molar-refractivity contribution >= 4 is 40.1 Å². The molecule has 2 aliphatic carbocycles. The molecule has 4 heteroatoms. The summed E-state index contributed by atoms with van der Waals surface area (Å²) in [5.41, 5.74) is 2.08. The van der Waals surface area contributed by atoms with E-state index in [4.69, 9.17) is 11.6 Å². The zero-order valence-corrected chi connectivity index (χ0v) is 11.8. The highest BCUT2D eigenvalue weighted by molar-refractivity contribution is 14.1. The van der Waals surface area contributed by atoms with Gasteiger partial charge in [-0.05, 0) is 53.0 Å². The van der Waals surface area contributed by atoms with E-state index >= 15 is 0 Å². The molecule has 1 unspecified atom stereocenters. The van der Waals surface area contributed by atoms with Gasteiger partial charge in [-0.1, -0.05) is 12.8 Å². The standard InChI is InChI=1S/C12H13ClINO/c13-12(3-7-1-2-7)4-8-6-15-11(16)10(8)9(14)5-12/h5,7H,1-4,6H2,(H,15,16). The van der Waals surface area contributed by atoms with Crippen molar-refractivity contribution in [1.82, 2.24) is 5.32 Å². The molecule has 16 heavy (non-hydrogen) atoms. The maximum Gasteiger partial charge on any atom is 0.252 e. The summed E-state index contributed by atoms with van der Waals surface area (Å²) >= 11 is 8.90. The first kappa shape index (κ1) is 11.1. The minimum Gasteiger partial charge on any atom is -0.348 e. The molecule has 3 rings (SSSR count). The summed E-state index contributed by atoms with van der Waals surface area (Å²) in [7, 11) is 0. The van der Waals surface area contributed by atoms with Crippen LogP contribution in [0.1, 0.15) is 25.7 Å². The molecular weight excluding hydrogens is 336 g/mol.